The van der Waals surface area contributed by atoms with Gasteiger partial charge in [-0.15, -0.1) is 11.8 Å². The number of carbonyl (C=O) groups excluding carboxylic acids is 1. The number of fused-ring (bicyclic) bond motifs is 1. The molecule has 3 aliphatic heterocycles. The fraction of sp³-hybridized carbons (Fsp3) is 0.833. The van der Waals surface area contributed by atoms with Crippen molar-refractivity contribution in [3.05, 3.63) is 9.93 Å². The number of aliphatic hydroxyl groups is 1. The lowest BCUT2D eigenvalue weighted by atomic mass is 9.90. The molecule has 1 N–H and O–H groups in total. The number of allylic oxidation sites excluding steroid dienone is 1. The Balaban J connectivity index is 1.36. The summed E-state index contributed by atoms with van der Waals surface area (Å²) in [5, 5.41) is 10.9. The number of likely N-dealkylation sites (tertiary alicyclic amines) is 1. The molecular weight excluding hydrogens is 340 g/mol. The second kappa shape index (κ2) is 6.86. The summed E-state index contributed by atoms with van der Waals surface area (Å²) in [4.78, 5) is 17.0. The first kappa shape index (κ1) is 17.3. The van der Waals surface area contributed by atoms with E-state index in [2.05, 4.69) is 11.8 Å². The van der Waals surface area contributed by atoms with Crippen molar-refractivity contribution in [2.24, 2.45) is 5.92 Å². The average molecular weight is 369 g/mol. The van der Waals surface area contributed by atoms with Crippen molar-refractivity contribution in [1.29, 1.82) is 0 Å². The van der Waals surface area contributed by atoms with Crippen LogP contribution >= 0.6 is 23.5 Å². The van der Waals surface area contributed by atoms with Gasteiger partial charge in [0, 0.05) is 23.5 Å². The molecule has 3 fully saturated rings. The highest BCUT2D eigenvalue weighted by molar-refractivity contribution is 8.23. The maximum Gasteiger partial charge on any atom is 0.236 e. The molecular formula is C18H28N2O2S2. The lowest BCUT2D eigenvalue weighted by Crippen LogP contribution is -2.60. The molecule has 0 radical (unpaired) electrons. The molecule has 0 bridgehead atoms. The van der Waals surface area contributed by atoms with Gasteiger partial charge < -0.3 is 10.0 Å². The fourth-order valence-corrected chi connectivity index (χ4v) is 7.87. The number of hydrogen-bond acceptors (Lipinski definition) is 5. The van der Waals surface area contributed by atoms with E-state index in [1.807, 2.05) is 35.3 Å². The highest BCUT2D eigenvalue weighted by Crippen LogP contribution is 2.55. The van der Waals surface area contributed by atoms with Crippen LogP contribution in [0.5, 0.6) is 0 Å². The molecule has 0 aromatic carbocycles. The zero-order valence-corrected chi connectivity index (χ0v) is 16.2. The van der Waals surface area contributed by atoms with Crippen LogP contribution < -0.4 is 0 Å². The molecule has 3 heterocycles. The Kier molecular flexibility index (Phi) is 4.93. The van der Waals surface area contributed by atoms with E-state index in [-0.39, 0.29) is 17.2 Å². The number of aliphatic hydroxyl groups excluding tert-OH is 1. The Morgan fingerprint density at radius 2 is 2.08 bits per heavy atom. The van der Waals surface area contributed by atoms with Gasteiger partial charge in [-0.3, -0.25) is 9.69 Å². The lowest BCUT2D eigenvalue weighted by Gasteiger charge is -2.44. The number of carbonyl (C=O) groups is 1. The second-order valence-electron chi connectivity index (χ2n) is 7.55. The van der Waals surface area contributed by atoms with E-state index in [4.69, 9.17) is 0 Å². The van der Waals surface area contributed by atoms with Gasteiger partial charge in [0.25, 0.3) is 0 Å². The highest BCUT2D eigenvalue weighted by atomic mass is 32.2. The third kappa shape index (κ3) is 2.83. The summed E-state index contributed by atoms with van der Waals surface area (Å²) in [5.74, 6) is -0.0828. The predicted molar refractivity (Wildman–Crippen MR) is 101 cm³/mol. The van der Waals surface area contributed by atoms with Crippen LogP contribution in [0.3, 0.4) is 0 Å². The van der Waals surface area contributed by atoms with E-state index in [9.17, 15) is 9.90 Å². The summed E-state index contributed by atoms with van der Waals surface area (Å²) < 4.78 is 1.32. The third-order valence-electron chi connectivity index (χ3n) is 6.09. The van der Waals surface area contributed by atoms with Gasteiger partial charge in [0.1, 0.15) is 5.37 Å². The molecule has 4 atom stereocenters. The van der Waals surface area contributed by atoms with Gasteiger partial charge in [0.15, 0.2) is 0 Å². The van der Waals surface area contributed by atoms with Crippen LogP contribution in [0.2, 0.25) is 0 Å². The quantitative estimate of drug-likeness (QED) is 0.755. The Morgan fingerprint density at radius 3 is 2.79 bits per heavy atom. The standard InChI is InChI=1S/C18H28N2O2S2/c1-3-14(21)15-16(22)20-11(2)18(24-17(15)20)23-13-8-9-19(10-13)12-6-4-5-7-12/h12-15,17,21H,3-10H2,1-2H3/t13-,14-,15+,17+/m0/s1. The Morgan fingerprint density at radius 1 is 1.33 bits per heavy atom. The zero-order chi connectivity index (χ0) is 16.8. The summed E-state index contributed by atoms with van der Waals surface area (Å²) in [6.45, 7) is 6.46. The van der Waals surface area contributed by atoms with E-state index in [0.717, 1.165) is 11.7 Å². The summed E-state index contributed by atoms with van der Waals surface area (Å²) in [6, 6.07) is 0.826. The van der Waals surface area contributed by atoms with Crippen molar-refractivity contribution in [3.8, 4) is 0 Å². The molecule has 1 amide bonds. The molecule has 0 unspecified atom stereocenters. The van der Waals surface area contributed by atoms with Crippen molar-refractivity contribution in [1.82, 2.24) is 9.80 Å². The van der Waals surface area contributed by atoms with Gasteiger partial charge >= 0.3 is 0 Å². The molecule has 0 spiro atoms. The maximum atomic E-state index is 12.4. The van der Waals surface area contributed by atoms with E-state index >= 15 is 0 Å². The van der Waals surface area contributed by atoms with Crippen LogP contribution in [-0.2, 0) is 4.79 Å². The van der Waals surface area contributed by atoms with E-state index < -0.39 is 6.10 Å². The number of thioether (sulfide) groups is 2. The van der Waals surface area contributed by atoms with Gasteiger partial charge in [0.05, 0.1) is 16.3 Å². The van der Waals surface area contributed by atoms with E-state index in [1.54, 1.807) is 0 Å². The third-order valence-corrected chi connectivity index (χ3v) is 9.15. The summed E-state index contributed by atoms with van der Waals surface area (Å²) in [6.07, 6.45) is 6.99. The van der Waals surface area contributed by atoms with Gasteiger partial charge in [0.2, 0.25) is 5.91 Å². The molecule has 0 aromatic rings. The van der Waals surface area contributed by atoms with Crippen LogP contribution in [0, 0.1) is 5.92 Å². The van der Waals surface area contributed by atoms with Crippen LogP contribution in [0.25, 0.3) is 0 Å². The molecule has 4 aliphatic rings. The minimum atomic E-state index is -0.493. The Hall–Kier alpha value is -0.170. The highest BCUT2D eigenvalue weighted by Gasteiger charge is 2.55. The molecule has 4 nitrogen and oxygen atoms in total. The molecule has 24 heavy (non-hydrogen) atoms. The van der Waals surface area contributed by atoms with E-state index in [1.165, 1.54) is 49.4 Å². The number of hydrogen-bond donors (Lipinski definition) is 1. The normalized spacial score (nSPS) is 35.7. The molecule has 4 rings (SSSR count). The number of β-lactam (4-membered cyclic amide) rings is 1. The molecule has 1 saturated carbocycles. The van der Waals surface area contributed by atoms with Crippen molar-refractivity contribution < 1.29 is 9.90 Å². The van der Waals surface area contributed by atoms with Crippen LogP contribution in [0.4, 0.5) is 0 Å². The van der Waals surface area contributed by atoms with Crippen molar-refractivity contribution in [3.63, 3.8) is 0 Å². The monoisotopic (exact) mass is 368 g/mol. The summed E-state index contributed by atoms with van der Waals surface area (Å²) in [5.41, 5.74) is 1.12. The van der Waals surface area contributed by atoms with Gasteiger partial charge in [-0.2, -0.15) is 0 Å². The minimum Gasteiger partial charge on any atom is -0.392 e. The number of rotatable bonds is 5. The maximum absolute atomic E-state index is 12.4. The topological polar surface area (TPSA) is 43.8 Å². The van der Waals surface area contributed by atoms with E-state index in [0.29, 0.717) is 11.7 Å². The van der Waals surface area contributed by atoms with Crippen LogP contribution in [-0.4, -0.2) is 56.7 Å². The first-order chi connectivity index (χ1) is 11.6. The minimum absolute atomic E-state index is 0.119. The summed E-state index contributed by atoms with van der Waals surface area (Å²) in [7, 11) is 0. The predicted octanol–water partition coefficient (Wildman–Crippen LogP) is 3.23. The second-order valence-corrected chi connectivity index (χ2v) is 10.2. The number of nitrogens with zero attached hydrogens (tertiary/aromatic N) is 2. The fourth-order valence-electron chi connectivity index (χ4n) is 4.59. The smallest absolute Gasteiger partial charge is 0.236 e. The average Bonchev–Trinajstić information content (AvgIpc) is 3.28. The van der Waals surface area contributed by atoms with Gasteiger partial charge in [-0.05, 0) is 39.2 Å². The largest absolute Gasteiger partial charge is 0.392 e. The molecule has 2 saturated heterocycles. The van der Waals surface area contributed by atoms with Gasteiger partial charge in [-0.1, -0.05) is 31.5 Å². The van der Waals surface area contributed by atoms with Crippen molar-refractivity contribution in [2.45, 2.75) is 75.1 Å². The molecule has 0 aromatic heterocycles. The van der Waals surface area contributed by atoms with Gasteiger partial charge in [-0.25, -0.2) is 0 Å². The molecule has 6 heteroatoms. The lowest BCUT2D eigenvalue weighted by molar-refractivity contribution is -0.153. The SMILES string of the molecule is CC[C@H](O)[C@@H]1C(=O)N2C(C)=C(S[C@H]3CCN(C4CCCC4)C3)S[C@H]12. The number of amides is 1. The van der Waals surface area contributed by atoms with Crippen LogP contribution in [0.15, 0.2) is 9.93 Å². The Labute approximate surface area is 153 Å². The summed E-state index contributed by atoms with van der Waals surface area (Å²) >= 11 is 3.80. The zero-order valence-electron chi connectivity index (χ0n) is 14.6. The van der Waals surface area contributed by atoms with Crippen molar-refractivity contribution in [2.75, 3.05) is 13.1 Å². The first-order valence-electron chi connectivity index (χ1n) is 9.39. The molecule has 1 aliphatic carbocycles. The molecule has 134 valence electrons. The first-order valence-corrected chi connectivity index (χ1v) is 11.2. The van der Waals surface area contributed by atoms with Crippen molar-refractivity contribution >= 4 is 29.4 Å². The Bertz CT molecular complexity index is 547. The van der Waals surface area contributed by atoms with Crippen LogP contribution in [0.1, 0.15) is 52.4 Å².